The molecule has 20 heavy (non-hydrogen) atoms. The third-order valence-electron chi connectivity index (χ3n) is 2.81. The van der Waals surface area contributed by atoms with Crippen LogP contribution in [0.1, 0.15) is 11.1 Å². The quantitative estimate of drug-likeness (QED) is 0.805. The third-order valence-corrected chi connectivity index (χ3v) is 3.12. The maximum atomic E-state index is 13.4. The Labute approximate surface area is 118 Å². The van der Waals surface area contributed by atoms with Crippen molar-refractivity contribution in [2.45, 2.75) is 12.7 Å². The summed E-state index contributed by atoms with van der Waals surface area (Å²) < 4.78 is 51.8. The van der Waals surface area contributed by atoms with Gasteiger partial charge in [0.1, 0.15) is 5.82 Å². The van der Waals surface area contributed by atoms with Crippen LogP contribution >= 0.6 is 11.6 Å². The number of hydrogen-bond acceptors (Lipinski definition) is 1. The number of rotatable bonds is 2. The van der Waals surface area contributed by atoms with Crippen molar-refractivity contribution in [3.63, 3.8) is 0 Å². The van der Waals surface area contributed by atoms with E-state index < -0.39 is 17.6 Å². The number of nitrogens with two attached hydrogens (primary N) is 1. The van der Waals surface area contributed by atoms with Crippen molar-refractivity contribution in [1.29, 1.82) is 0 Å². The molecule has 2 N–H and O–H groups in total. The summed E-state index contributed by atoms with van der Waals surface area (Å²) in [5.74, 6) is -0.684. The molecule has 0 radical (unpaired) electrons. The van der Waals surface area contributed by atoms with Crippen molar-refractivity contribution in [1.82, 2.24) is 0 Å². The Morgan fingerprint density at radius 1 is 1.00 bits per heavy atom. The molecule has 0 amide bonds. The summed E-state index contributed by atoms with van der Waals surface area (Å²) >= 11 is 5.56. The number of benzene rings is 2. The second-order valence-corrected chi connectivity index (χ2v) is 4.66. The lowest BCUT2D eigenvalue weighted by atomic mass is 9.99. The van der Waals surface area contributed by atoms with Crippen molar-refractivity contribution in [3.05, 3.63) is 58.4 Å². The zero-order valence-corrected chi connectivity index (χ0v) is 10.9. The van der Waals surface area contributed by atoms with Crippen LogP contribution in [-0.4, -0.2) is 0 Å². The van der Waals surface area contributed by atoms with E-state index in [2.05, 4.69) is 0 Å². The van der Waals surface area contributed by atoms with E-state index in [1.54, 1.807) is 0 Å². The molecule has 0 aliphatic carbocycles. The van der Waals surface area contributed by atoms with Gasteiger partial charge in [0.25, 0.3) is 0 Å². The summed E-state index contributed by atoms with van der Waals surface area (Å²) in [4.78, 5) is 0. The van der Waals surface area contributed by atoms with Crippen LogP contribution in [0.25, 0.3) is 11.1 Å². The molecule has 0 aliphatic heterocycles. The highest BCUT2D eigenvalue weighted by atomic mass is 35.5. The van der Waals surface area contributed by atoms with Crippen molar-refractivity contribution >= 4 is 11.6 Å². The van der Waals surface area contributed by atoms with Crippen LogP contribution in [0.5, 0.6) is 0 Å². The van der Waals surface area contributed by atoms with E-state index >= 15 is 0 Å². The molecule has 0 spiro atoms. The molecule has 2 aromatic rings. The minimum Gasteiger partial charge on any atom is -0.326 e. The molecule has 1 nitrogen and oxygen atoms in total. The van der Waals surface area contributed by atoms with E-state index in [1.165, 1.54) is 18.2 Å². The minimum atomic E-state index is -4.48. The normalized spacial score (nSPS) is 11.7. The molecule has 0 fully saturated rings. The predicted octanol–water partition coefficient (Wildman–Crippen LogP) is 4.62. The molecule has 106 valence electrons. The lowest BCUT2D eigenvalue weighted by Gasteiger charge is -2.12. The Morgan fingerprint density at radius 2 is 1.70 bits per heavy atom. The highest BCUT2D eigenvalue weighted by Gasteiger charge is 2.31. The second-order valence-electron chi connectivity index (χ2n) is 4.25. The van der Waals surface area contributed by atoms with Gasteiger partial charge in [-0.3, -0.25) is 0 Å². The molecule has 0 saturated carbocycles. The number of hydrogen-bond donors (Lipinski definition) is 1. The van der Waals surface area contributed by atoms with Gasteiger partial charge in [-0.25, -0.2) is 4.39 Å². The second kappa shape index (κ2) is 5.42. The van der Waals surface area contributed by atoms with Crippen LogP contribution in [0.3, 0.4) is 0 Å². The van der Waals surface area contributed by atoms with E-state index in [9.17, 15) is 17.6 Å². The van der Waals surface area contributed by atoms with Gasteiger partial charge in [-0.2, -0.15) is 13.2 Å². The van der Waals surface area contributed by atoms with Crippen molar-refractivity contribution in [2.24, 2.45) is 5.73 Å². The molecule has 0 bridgehead atoms. The van der Waals surface area contributed by atoms with Gasteiger partial charge in [0, 0.05) is 6.54 Å². The maximum absolute atomic E-state index is 13.4. The largest absolute Gasteiger partial charge is 0.416 e. The molecule has 0 unspecified atom stereocenters. The van der Waals surface area contributed by atoms with Gasteiger partial charge < -0.3 is 5.73 Å². The highest BCUT2D eigenvalue weighted by Crippen LogP contribution is 2.34. The maximum Gasteiger partial charge on any atom is 0.416 e. The molecule has 0 saturated heterocycles. The molecular formula is C14H10ClF4N. The highest BCUT2D eigenvalue weighted by molar-refractivity contribution is 6.30. The van der Waals surface area contributed by atoms with Crippen LogP contribution in [-0.2, 0) is 12.7 Å². The molecule has 0 aliphatic rings. The van der Waals surface area contributed by atoms with E-state index in [4.69, 9.17) is 17.3 Å². The zero-order valence-electron chi connectivity index (χ0n) is 10.1. The summed E-state index contributed by atoms with van der Waals surface area (Å²) in [6.07, 6.45) is -4.48. The van der Waals surface area contributed by atoms with Gasteiger partial charge in [0.05, 0.1) is 10.6 Å². The van der Waals surface area contributed by atoms with Crippen molar-refractivity contribution in [3.8, 4) is 11.1 Å². The lowest BCUT2D eigenvalue weighted by Crippen LogP contribution is -2.07. The summed E-state index contributed by atoms with van der Waals surface area (Å²) in [6, 6.07) is 7.30. The first kappa shape index (κ1) is 14.8. The first-order chi connectivity index (χ1) is 9.31. The zero-order chi connectivity index (χ0) is 14.9. The van der Waals surface area contributed by atoms with Gasteiger partial charge in [0.2, 0.25) is 0 Å². The van der Waals surface area contributed by atoms with Crippen LogP contribution in [0.4, 0.5) is 17.6 Å². The summed E-state index contributed by atoms with van der Waals surface area (Å²) in [5, 5.41) is -0.0835. The monoisotopic (exact) mass is 303 g/mol. The number of halogens is 5. The van der Waals surface area contributed by atoms with Gasteiger partial charge in [-0.05, 0) is 47.0 Å². The smallest absolute Gasteiger partial charge is 0.326 e. The lowest BCUT2D eigenvalue weighted by molar-refractivity contribution is -0.137. The van der Waals surface area contributed by atoms with E-state index in [-0.39, 0.29) is 17.1 Å². The van der Waals surface area contributed by atoms with Crippen LogP contribution in [0, 0.1) is 5.82 Å². The standard InChI is InChI=1S/C14H10ClF4N/c15-12-2-1-9(6-13(12)16)10-3-8(7-20)4-11(5-10)14(17,18)19/h1-6H,7,20H2. The van der Waals surface area contributed by atoms with Gasteiger partial charge >= 0.3 is 6.18 Å². The fourth-order valence-corrected chi connectivity index (χ4v) is 1.93. The number of alkyl halides is 3. The Morgan fingerprint density at radius 3 is 2.25 bits per heavy atom. The fraction of sp³-hybridized carbons (Fsp3) is 0.143. The van der Waals surface area contributed by atoms with Crippen molar-refractivity contribution < 1.29 is 17.6 Å². The molecule has 2 rings (SSSR count). The van der Waals surface area contributed by atoms with Crippen LogP contribution < -0.4 is 5.73 Å². The fourth-order valence-electron chi connectivity index (χ4n) is 1.82. The van der Waals surface area contributed by atoms with Gasteiger partial charge in [0.15, 0.2) is 0 Å². The molecule has 2 aromatic carbocycles. The summed E-state index contributed by atoms with van der Waals surface area (Å²) in [5.41, 5.74) is 5.47. The first-order valence-electron chi connectivity index (χ1n) is 5.68. The SMILES string of the molecule is NCc1cc(-c2ccc(Cl)c(F)c2)cc(C(F)(F)F)c1. The first-order valence-corrected chi connectivity index (χ1v) is 6.05. The topological polar surface area (TPSA) is 26.0 Å². The van der Waals surface area contributed by atoms with Crippen LogP contribution in [0.15, 0.2) is 36.4 Å². The average Bonchev–Trinajstić information content (AvgIpc) is 2.40. The molecule has 6 heteroatoms. The van der Waals surface area contributed by atoms with E-state index in [1.807, 2.05) is 0 Å². The van der Waals surface area contributed by atoms with E-state index in [0.29, 0.717) is 11.1 Å². The van der Waals surface area contributed by atoms with Crippen molar-refractivity contribution in [2.75, 3.05) is 0 Å². The molecule has 0 aromatic heterocycles. The Bertz CT molecular complexity index is 638. The van der Waals surface area contributed by atoms with Gasteiger partial charge in [-0.1, -0.05) is 17.7 Å². The Hall–Kier alpha value is -1.59. The Balaban J connectivity index is 2.58. The van der Waals surface area contributed by atoms with E-state index in [0.717, 1.165) is 18.2 Å². The molecular weight excluding hydrogens is 294 g/mol. The molecule has 0 atom stereocenters. The summed E-state index contributed by atoms with van der Waals surface area (Å²) in [6.45, 7) is -0.0347. The van der Waals surface area contributed by atoms with Crippen LogP contribution in [0.2, 0.25) is 5.02 Å². The minimum absolute atomic E-state index is 0.0347. The van der Waals surface area contributed by atoms with Gasteiger partial charge in [-0.15, -0.1) is 0 Å². The molecule has 0 heterocycles. The third kappa shape index (κ3) is 3.11. The average molecular weight is 304 g/mol. The Kier molecular flexibility index (Phi) is 4.01. The predicted molar refractivity (Wildman–Crippen MR) is 69.7 cm³/mol. The summed E-state index contributed by atoms with van der Waals surface area (Å²) in [7, 11) is 0.